The molecule has 0 aliphatic carbocycles. The Morgan fingerprint density at radius 1 is 1.02 bits per heavy atom. The second-order valence-electron chi connectivity index (χ2n) is 10.5. The third-order valence-electron chi connectivity index (χ3n) is 8.15. The number of hydrogen-bond acceptors (Lipinski definition) is 8. The largest absolute Gasteiger partial charge is 0.489 e. The van der Waals surface area contributed by atoms with Crippen LogP contribution in [0.25, 0.3) is 0 Å². The van der Waals surface area contributed by atoms with E-state index < -0.39 is 11.9 Å². The molecule has 1 N–H and O–H groups in total. The first-order chi connectivity index (χ1) is 19.5. The molecule has 2 atom stereocenters. The van der Waals surface area contributed by atoms with Crippen molar-refractivity contribution >= 4 is 23.5 Å². The van der Waals surface area contributed by atoms with Crippen LogP contribution in [0.15, 0.2) is 61.1 Å². The summed E-state index contributed by atoms with van der Waals surface area (Å²) in [5, 5.41) is 2.34. The van der Waals surface area contributed by atoms with E-state index in [0.29, 0.717) is 30.4 Å². The van der Waals surface area contributed by atoms with Gasteiger partial charge < -0.3 is 14.5 Å². The Balaban J connectivity index is 1.06. The van der Waals surface area contributed by atoms with Crippen LogP contribution in [-0.4, -0.2) is 69.7 Å². The zero-order valence-electron chi connectivity index (χ0n) is 22.5. The van der Waals surface area contributed by atoms with Crippen LogP contribution in [0.1, 0.15) is 52.9 Å². The third kappa shape index (κ3) is 5.14. The highest BCUT2D eigenvalue weighted by atomic mass is 16.5. The highest BCUT2D eigenvalue weighted by Gasteiger charge is 2.40. The minimum Gasteiger partial charge on any atom is -0.489 e. The first kappa shape index (κ1) is 25.9. The number of imide groups is 1. The number of hydrogen-bond donors (Lipinski definition) is 1. The first-order valence-corrected chi connectivity index (χ1v) is 13.7. The molecule has 0 radical (unpaired) electrons. The average molecular weight is 541 g/mol. The number of fused-ring (bicyclic) bond motifs is 1. The van der Waals surface area contributed by atoms with Crippen LogP contribution in [-0.2, 0) is 22.7 Å². The van der Waals surface area contributed by atoms with Crippen LogP contribution in [0.3, 0.4) is 0 Å². The van der Waals surface area contributed by atoms with Gasteiger partial charge >= 0.3 is 0 Å². The van der Waals surface area contributed by atoms with Crippen molar-refractivity contribution in [3.05, 3.63) is 83.3 Å². The van der Waals surface area contributed by atoms with E-state index in [4.69, 9.17) is 4.74 Å². The number of amides is 3. The summed E-state index contributed by atoms with van der Waals surface area (Å²) >= 11 is 0. The molecule has 6 rings (SSSR count). The van der Waals surface area contributed by atoms with Gasteiger partial charge in [0.05, 0.1) is 6.54 Å². The maximum atomic E-state index is 13.1. The van der Waals surface area contributed by atoms with Crippen molar-refractivity contribution in [3.63, 3.8) is 0 Å². The zero-order chi connectivity index (χ0) is 27.6. The molecular formula is C30H32N6O4. The maximum absolute atomic E-state index is 13.1. The second kappa shape index (κ2) is 11.1. The molecule has 10 nitrogen and oxygen atoms in total. The summed E-state index contributed by atoms with van der Waals surface area (Å²) in [6.45, 7) is 6.68. The van der Waals surface area contributed by atoms with Crippen LogP contribution in [0.4, 0.5) is 5.82 Å². The summed E-state index contributed by atoms with van der Waals surface area (Å²) in [6, 6.07) is 15.5. The van der Waals surface area contributed by atoms with Crippen molar-refractivity contribution in [2.24, 2.45) is 0 Å². The van der Waals surface area contributed by atoms with Crippen LogP contribution >= 0.6 is 0 Å². The van der Waals surface area contributed by atoms with E-state index in [2.05, 4.69) is 56.3 Å². The lowest BCUT2D eigenvalue weighted by Gasteiger charge is -2.38. The minimum atomic E-state index is -0.643. The van der Waals surface area contributed by atoms with Crippen molar-refractivity contribution in [2.45, 2.75) is 45.0 Å². The van der Waals surface area contributed by atoms with Gasteiger partial charge in [0.25, 0.3) is 5.91 Å². The number of carbonyl (C=O) groups is 3. The quantitative estimate of drug-likeness (QED) is 0.456. The van der Waals surface area contributed by atoms with Gasteiger partial charge in [0.15, 0.2) is 0 Å². The fourth-order valence-corrected chi connectivity index (χ4v) is 5.77. The predicted octanol–water partition coefficient (Wildman–Crippen LogP) is 2.70. The normalized spacial score (nSPS) is 20.3. The third-order valence-corrected chi connectivity index (χ3v) is 8.15. The van der Waals surface area contributed by atoms with Gasteiger partial charge in [-0.05, 0) is 42.7 Å². The predicted molar refractivity (Wildman–Crippen MR) is 147 cm³/mol. The molecule has 0 bridgehead atoms. The van der Waals surface area contributed by atoms with Gasteiger partial charge in [-0.2, -0.15) is 0 Å². The lowest BCUT2D eigenvalue weighted by molar-refractivity contribution is -0.136. The molecule has 0 saturated carbocycles. The Hall–Kier alpha value is -4.31. The van der Waals surface area contributed by atoms with Crippen LogP contribution in [0.2, 0.25) is 0 Å². The standard InChI is InChI=1S/C30H32N6O4/c1-20(34-13-15-35(16-14-34)27-11-12-31-19-32-27)22-7-5-21(6-8-22)18-40-26-4-2-3-23-24(26)17-36(30(23)39)25-9-10-28(37)33-29(25)38/h2-8,11-12,19-20,25H,9-10,13-18H2,1H3,(H,33,37,38)/t20-,25?/m1/s1. The van der Waals surface area contributed by atoms with Crippen molar-refractivity contribution in [1.29, 1.82) is 0 Å². The summed E-state index contributed by atoms with van der Waals surface area (Å²) in [4.78, 5) is 51.7. The molecule has 3 aliphatic rings. The number of carbonyl (C=O) groups excluding carboxylic acids is 3. The monoisotopic (exact) mass is 540 g/mol. The lowest BCUT2D eigenvalue weighted by atomic mass is 10.0. The van der Waals surface area contributed by atoms with Gasteiger partial charge in [-0.1, -0.05) is 30.3 Å². The fourth-order valence-electron chi connectivity index (χ4n) is 5.77. The number of rotatable bonds is 7. The van der Waals surface area contributed by atoms with Gasteiger partial charge in [0, 0.05) is 56.0 Å². The number of nitrogens with one attached hydrogen (secondary N) is 1. The summed E-state index contributed by atoms with van der Waals surface area (Å²) in [6.07, 6.45) is 3.94. The van der Waals surface area contributed by atoms with E-state index in [1.165, 1.54) is 5.56 Å². The number of nitrogens with zero attached hydrogens (tertiary/aromatic N) is 5. The molecule has 3 aliphatic heterocycles. The fraction of sp³-hybridized carbons (Fsp3) is 0.367. The van der Waals surface area contributed by atoms with Gasteiger partial charge in [0.2, 0.25) is 11.8 Å². The molecule has 2 aromatic carbocycles. The Morgan fingerprint density at radius 3 is 2.55 bits per heavy atom. The summed E-state index contributed by atoms with van der Waals surface area (Å²) in [5.74, 6) is 0.701. The summed E-state index contributed by atoms with van der Waals surface area (Å²) in [7, 11) is 0. The number of ether oxygens (including phenoxy) is 1. The summed E-state index contributed by atoms with van der Waals surface area (Å²) in [5.41, 5.74) is 3.62. The second-order valence-corrected chi connectivity index (χ2v) is 10.5. The molecule has 1 unspecified atom stereocenters. The van der Waals surface area contributed by atoms with Crippen LogP contribution in [0, 0.1) is 0 Å². The Labute approximate surface area is 233 Å². The first-order valence-electron chi connectivity index (χ1n) is 13.7. The van der Waals surface area contributed by atoms with E-state index in [1.54, 1.807) is 29.6 Å². The van der Waals surface area contributed by atoms with E-state index in [9.17, 15) is 14.4 Å². The van der Waals surface area contributed by atoms with E-state index in [-0.39, 0.29) is 24.8 Å². The lowest BCUT2D eigenvalue weighted by Crippen LogP contribution is -2.52. The maximum Gasteiger partial charge on any atom is 0.255 e. The molecule has 3 aromatic rings. The average Bonchev–Trinajstić information content (AvgIpc) is 3.33. The number of anilines is 1. The molecule has 2 fully saturated rings. The molecule has 206 valence electrons. The van der Waals surface area contributed by atoms with E-state index in [0.717, 1.165) is 43.1 Å². The molecule has 1 aromatic heterocycles. The van der Waals surface area contributed by atoms with Crippen LogP contribution < -0.4 is 15.0 Å². The highest BCUT2D eigenvalue weighted by Crippen LogP contribution is 2.34. The number of benzene rings is 2. The van der Waals surface area contributed by atoms with Gasteiger partial charge in [-0.3, -0.25) is 24.6 Å². The number of piperazine rings is 1. The highest BCUT2D eigenvalue weighted by molar-refractivity contribution is 6.05. The molecule has 10 heteroatoms. The topological polar surface area (TPSA) is 108 Å². The summed E-state index contributed by atoms with van der Waals surface area (Å²) < 4.78 is 6.17. The Kier molecular flexibility index (Phi) is 7.17. The molecule has 0 spiro atoms. The molecule has 2 saturated heterocycles. The number of aromatic nitrogens is 2. The van der Waals surface area contributed by atoms with Crippen LogP contribution in [0.5, 0.6) is 5.75 Å². The number of piperidine rings is 1. The van der Waals surface area contributed by atoms with Crippen molar-refractivity contribution in [3.8, 4) is 5.75 Å². The molecule has 40 heavy (non-hydrogen) atoms. The van der Waals surface area contributed by atoms with Crippen molar-refractivity contribution < 1.29 is 19.1 Å². The molecule has 3 amide bonds. The smallest absolute Gasteiger partial charge is 0.255 e. The zero-order valence-corrected chi connectivity index (χ0v) is 22.5. The van der Waals surface area contributed by atoms with Gasteiger partial charge in [0.1, 0.15) is 30.5 Å². The Morgan fingerprint density at radius 2 is 1.82 bits per heavy atom. The van der Waals surface area contributed by atoms with E-state index in [1.807, 2.05) is 12.1 Å². The van der Waals surface area contributed by atoms with Gasteiger partial charge in [-0.25, -0.2) is 9.97 Å². The van der Waals surface area contributed by atoms with E-state index >= 15 is 0 Å². The Bertz CT molecular complexity index is 1410. The van der Waals surface area contributed by atoms with Crippen molar-refractivity contribution in [2.75, 3.05) is 31.1 Å². The molecule has 4 heterocycles. The van der Waals surface area contributed by atoms with Gasteiger partial charge in [-0.15, -0.1) is 0 Å². The SMILES string of the molecule is C[C@H](c1ccc(COc2cccc3c2CN(C2CCC(=O)NC2=O)C3=O)cc1)N1CCN(c2ccncn2)CC1. The minimum absolute atomic E-state index is 0.203. The van der Waals surface area contributed by atoms with Crippen molar-refractivity contribution in [1.82, 2.24) is 25.1 Å². The molecular weight excluding hydrogens is 508 g/mol.